The van der Waals surface area contributed by atoms with Gasteiger partial charge in [-0.2, -0.15) is 9.50 Å². The number of aromatic amines is 1. The lowest BCUT2D eigenvalue weighted by molar-refractivity contribution is -0.116. The van der Waals surface area contributed by atoms with Crippen LogP contribution >= 0.6 is 11.6 Å². The quantitative estimate of drug-likeness (QED) is 0.743. The van der Waals surface area contributed by atoms with Crippen LogP contribution in [0.25, 0.3) is 17.2 Å². The predicted octanol–water partition coefficient (Wildman–Crippen LogP) is 2.87. The molecule has 0 aliphatic carbocycles. The number of H-pyrrole nitrogens is 1. The lowest BCUT2D eigenvalue weighted by Gasteiger charge is -2.05. The minimum atomic E-state index is -0.358. The summed E-state index contributed by atoms with van der Waals surface area (Å²) in [7, 11) is 0. The highest BCUT2D eigenvalue weighted by Gasteiger charge is 2.12. The molecule has 0 spiro atoms. The maximum absolute atomic E-state index is 11.9. The van der Waals surface area contributed by atoms with Crippen molar-refractivity contribution < 1.29 is 4.79 Å². The molecule has 0 radical (unpaired) electrons. The molecular weight excluding hydrogens is 330 g/mol. The Balaban J connectivity index is 1.99. The Labute approximate surface area is 142 Å². The smallest absolute Gasteiger partial charge is 0.254 e. The predicted molar refractivity (Wildman–Crippen MR) is 92.2 cm³/mol. The largest absolute Gasteiger partial charge is 0.310 e. The Morgan fingerprint density at radius 1 is 1.33 bits per heavy atom. The van der Waals surface area contributed by atoms with Gasteiger partial charge in [0.05, 0.1) is 0 Å². The number of fused-ring (bicyclic) bond motifs is 1. The maximum Gasteiger partial charge on any atom is 0.254 e. The van der Waals surface area contributed by atoms with Crippen LogP contribution < -0.4 is 10.9 Å². The molecule has 1 amide bonds. The summed E-state index contributed by atoms with van der Waals surface area (Å²) in [5, 5.41) is 7.69. The highest BCUT2D eigenvalue weighted by atomic mass is 35.5. The van der Waals surface area contributed by atoms with Crippen molar-refractivity contribution in [2.45, 2.75) is 26.2 Å². The van der Waals surface area contributed by atoms with Gasteiger partial charge in [0.2, 0.25) is 11.7 Å². The number of hydrogen-bond donors (Lipinski definition) is 2. The molecule has 0 bridgehead atoms. The molecule has 0 fully saturated rings. The number of benzene rings is 1. The Bertz CT molecular complexity index is 930. The molecule has 2 aromatic heterocycles. The van der Waals surface area contributed by atoms with Gasteiger partial charge >= 0.3 is 0 Å². The molecule has 7 nitrogen and oxygen atoms in total. The van der Waals surface area contributed by atoms with E-state index < -0.39 is 0 Å². The van der Waals surface area contributed by atoms with Crippen LogP contribution in [0.5, 0.6) is 0 Å². The number of rotatable bonds is 5. The first-order valence-corrected chi connectivity index (χ1v) is 8.00. The van der Waals surface area contributed by atoms with Crippen molar-refractivity contribution in [1.29, 1.82) is 0 Å². The van der Waals surface area contributed by atoms with Gasteiger partial charge in [-0.05, 0) is 30.7 Å². The summed E-state index contributed by atoms with van der Waals surface area (Å²) in [5.74, 6) is 0.825. The van der Waals surface area contributed by atoms with E-state index >= 15 is 0 Å². The van der Waals surface area contributed by atoms with E-state index in [1.165, 1.54) is 10.6 Å². The third-order valence-electron chi connectivity index (χ3n) is 3.47. The van der Waals surface area contributed by atoms with E-state index in [2.05, 4.69) is 20.4 Å². The fourth-order valence-electron chi connectivity index (χ4n) is 2.25. The fourth-order valence-corrected chi connectivity index (χ4v) is 2.37. The minimum Gasteiger partial charge on any atom is -0.310 e. The van der Waals surface area contributed by atoms with Crippen LogP contribution in [-0.2, 0) is 4.79 Å². The number of amides is 1. The highest BCUT2D eigenvalue weighted by molar-refractivity contribution is 6.30. The molecule has 0 saturated heterocycles. The number of aromatic nitrogens is 4. The van der Waals surface area contributed by atoms with Crippen LogP contribution in [-0.4, -0.2) is 25.5 Å². The molecule has 0 unspecified atom stereocenters. The summed E-state index contributed by atoms with van der Waals surface area (Å²) in [6.45, 7) is 2.01. The van der Waals surface area contributed by atoms with Crippen molar-refractivity contribution in [2.75, 3.05) is 5.32 Å². The van der Waals surface area contributed by atoms with E-state index in [9.17, 15) is 9.59 Å². The van der Waals surface area contributed by atoms with Crippen LogP contribution in [0.4, 0.5) is 5.82 Å². The number of unbranched alkanes of at least 4 members (excludes halogenated alkanes) is 1. The molecule has 24 heavy (non-hydrogen) atoms. The highest BCUT2D eigenvalue weighted by Crippen LogP contribution is 2.19. The second-order valence-corrected chi connectivity index (χ2v) is 5.78. The summed E-state index contributed by atoms with van der Waals surface area (Å²) in [4.78, 5) is 30.6. The lowest BCUT2D eigenvalue weighted by Crippen LogP contribution is -2.18. The van der Waals surface area contributed by atoms with E-state index in [1.807, 2.05) is 6.92 Å². The Hall–Kier alpha value is -2.67. The van der Waals surface area contributed by atoms with Gasteiger partial charge in [-0.15, -0.1) is 5.10 Å². The molecule has 0 atom stereocenters. The molecule has 0 aliphatic heterocycles. The van der Waals surface area contributed by atoms with Gasteiger partial charge in [0.15, 0.2) is 5.82 Å². The topological polar surface area (TPSA) is 92.1 Å². The molecular formula is C16H16ClN5O2. The first-order valence-electron chi connectivity index (χ1n) is 7.62. The molecule has 8 heteroatoms. The van der Waals surface area contributed by atoms with Gasteiger partial charge in [-0.3, -0.25) is 14.6 Å². The average Bonchev–Trinajstić information content (AvgIpc) is 2.97. The van der Waals surface area contributed by atoms with Gasteiger partial charge in [-0.1, -0.05) is 24.9 Å². The first-order chi connectivity index (χ1) is 11.6. The number of hydrogen-bond acceptors (Lipinski definition) is 4. The van der Waals surface area contributed by atoms with Crippen molar-refractivity contribution in [3.63, 3.8) is 0 Å². The van der Waals surface area contributed by atoms with Crippen LogP contribution in [0.2, 0.25) is 5.02 Å². The number of carbonyl (C=O) groups is 1. The first kappa shape index (κ1) is 16.2. The number of carbonyl (C=O) groups excluding carboxylic acids is 1. The summed E-state index contributed by atoms with van der Waals surface area (Å²) in [6, 6.07) is 8.33. The summed E-state index contributed by atoms with van der Waals surface area (Å²) in [6.07, 6.45) is 2.09. The molecule has 2 N–H and O–H groups in total. The zero-order valence-electron chi connectivity index (χ0n) is 13.0. The van der Waals surface area contributed by atoms with E-state index in [0.717, 1.165) is 18.4 Å². The number of halogens is 1. The average molecular weight is 346 g/mol. The summed E-state index contributed by atoms with van der Waals surface area (Å²) in [5.41, 5.74) is 0.399. The molecule has 0 saturated carbocycles. The summed E-state index contributed by atoms with van der Waals surface area (Å²) < 4.78 is 1.41. The van der Waals surface area contributed by atoms with Crippen molar-refractivity contribution in [1.82, 2.24) is 19.6 Å². The van der Waals surface area contributed by atoms with Crippen molar-refractivity contribution in [3.05, 3.63) is 45.7 Å². The van der Waals surface area contributed by atoms with E-state index in [1.54, 1.807) is 24.3 Å². The zero-order chi connectivity index (χ0) is 17.1. The van der Waals surface area contributed by atoms with Gasteiger partial charge in [0.1, 0.15) is 5.82 Å². The van der Waals surface area contributed by atoms with Gasteiger partial charge in [0, 0.05) is 23.1 Å². The fraction of sp³-hybridized carbons (Fsp3) is 0.250. The summed E-state index contributed by atoms with van der Waals surface area (Å²) >= 11 is 5.88. The number of nitrogens with one attached hydrogen (secondary N) is 2. The minimum absolute atomic E-state index is 0.160. The molecule has 3 aromatic rings. The van der Waals surface area contributed by atoms with Crippen LogP contribution in [0.15, 0.2) is 35.1 Å². The Morgan fingerprint density at radius 3 is 2.79 bits per heavy atom. The molecule has 0 aliphatic rings. The van der Waals surface area contributed by atoms with E-state index in [-0.39, 0.29) is 17.2 Å². The maximum atomic E-state index is 11.9. The Kier molecular flexibility index (Phi) is 4.61. The Morgan fingerprint density at radius 2 is 2.08 bits per heavy atom. The number of nitrogens with zero attached hydrogens (tertiary/aromatic N) is 3. The lowest BCUT2D eigenvalue weighted by atomic mass is 10.2. The third kappa shape index (κ3) is 3.46. The molecule has 3 rings (SSSR count). The SMILES string of the molecule is CCCCC(=O)Nc1cc(=O)[nH]c2nc(-c3ccc(Cl)cc3)nn12. The van der Waals surface area contributed by atoms with Gasteiger partial charge in [0.25, 0.3) is 5.56 Å². The second kappa shape index (κ2) is 6.84. The standard InChI is InChI=1S/C16H16ClN5O2/c1-2-3-4-13(23)18-12-9-14(24)19-16-20-15(21-22(12)16)10-5-7-11(17)8-6-10/h5-9H,2-4H2,1H3,(H,18,23)(H,19,20,21,24). The van der Waals surface area contributed by atoms with Crippen LogP contribution in [0.3, 0.4) is 0 Å². The van der Waals surface area contributed by atoms with Gasteiger partial charge < -0.3 is 5.32 Å². The molecule has 124 valence electrons. The third-order valence-corrected chi connectivity index (χ3v) is 3.72. The normalized spacial score (nSPS) is 10.9. The number of anilines is 1. The monoisotopic (exact) mass is 345 g/mol. The van der Waals surface area contributed by atoms with Crippen molar-refractivity contribution in [2.24, 2.45) is 0 Å². The van der Waals surface area contributed by atoms with Crippen molar-refractivity contribution in [3.8, 4) is 11.4 Å². The van der Waals surface area contributed by atoms with Crippen LogP contribution in [0, 0.1) is 0 Å². The van der Waals surface area contributed by atoms with Crippen molar-refractivity contribution >= 4 is 29.1 Å². The zero-order valence-corrected chi connectivity index (χ0v) is 13.8. The molecule has 1 aromatic carbocycles. The van der Waals surface area contributed by atoms with E-state index in [0.29, 0.717) is 23.1 Å². The van der Waals surface area contributed by atoms with E-state index in [4.69, 9.17) is 11.6 Å². The van der Waals surface area contributed by atoms with Crippen LogP contribution in [0.1, 0.15) is 26.2 Å². The molecule has 2 heterocycles. The second-order valence-electron chi connectivity index (χ2n) is 5.35. The van der Waals surface area contributed by atoms with Gasteiger partial charge in [-0.25, -0.2) is 0 Å².